The minimum atomic E-state index is 0.327. The molecule has 19 heavy (non-hydrogen) atoms. The van der Waals surface area contributed by atoms with Gasteiger partial charge in [0.05, 0.1) is 17.7 Å². The first kappa shape index (κ1) is 14.8. The van der Waals surface area contributed by atoms with Crippen molar-refractivity contribution in [1.29, 1.82) is 0 Å². The lowest BCUT2D eigenvalue weighted by molar-refractivity contribution is 0.0343. The Morgan fingerprint density at radius 2 is 2.16 bits per heavy atom. The second-order valence-corrected chi connectivity index (χ2v) is 5.80. The lowest BCUT2D eigenvalue weighted by atomic mass is 10.2. The number of morpholine rings is 1. The van der Waals surface area contributed by atoms with E-state index >= 15 is 0 Å². The van der Waals surface area contributed by atoms with Gasteiger partial charge in [-0.25, -0.2) is 0 Å². The molecule has 1 aliphatic heterocycles. The number of phenolic OH excluding ortho intramolecular Hbond substituents is 1. The fourth-order valence-electron chi connectivity index (χ4n) is 2.22. The van der Waals surface area contributed by atoms with Crippen LogP contribution in [-0.4, -0.2) is 48.9 Å². The van der Waals surface area contributed by atoms with Crippen LogP contribution < -0.4 is 5.32 Å². The van der Waals surface area contributed by atoms with Gasteiger partial charge in [0, 0.05) is 37.8 Å². The van der Waals surface area contributed by atoms with Gasteiger partial charge in [-0.1, -0.05) is 12.1 Å². The average molecular weight is 329 g/mol. The smallest absolute Gasteiger partial charge is 0.134 e. The maximum absolute atomic E-state index is 9.92. The highest BCUT2D eigenvalue weighted by atomic mass is 79.9. The zero-order valence-electron chi connectivity index (χ0n) is 11.2. The van der Waals surface area contributed by atoms with Crippen LogP contribution in [0.5, 0.6) is 5.75 Å². The highest BCUT2D eigenvalue weighted by Gasteiger charge is 2.13. The van der Waals surface area contributed by atoms with E-state index in [1.807, 2.05) is 18.2 Å². The minimum Gasteiger partial charge on any atom is -0.506 e. The van der Waals surface area contributed by atoms with Gasteiger partial charge < -0.3 is 15.2 Å². The van der Waals surface area contributed by atoms with Crippen LogP contribution in [0.15, 0.2) is 22.7 Å². The van der Waals surface area contributed by atoms with Gasteiger partial charge in [0.25, 0.3) is 0 Å². The fraction of sp³-hybridized carbons (Fsp3) is 0.571. The van der Waals surface area contributed by atoms with Crippen LogP contribution in [-0.2, 0) is 11.3 Å². The molecule has 1 saturated heterocycles. The van der Waals surface area contributed by atoms with Crippen molar-refractivity contribution in [2.24, 2.45) is 0 Å². The molecule has 0 radical (unpaired) electrons. The number of nitrogens with zero attached hydrogens (tertiary/aromatic N) is 1. The first-order chi connectivity index (χ1) is 9.16. The van der Waals surface area contributed by atoms with E-state index in [9.17, 15) is 5.11 Å². The Morgan fingerprint density at radius 3 is 2.89 bits per heavy atom. The third-order valence-electron chi connectivity index (χ3n) is 3.35. The minimum absolute atomic E-state index is 0.327. The van der Waals surface area contributed by atoms with E-state index in [0.717, 1.165) is 42.9 Å². The largest absolute Gasteiger partial charge is 0.506 e. The zero-order chi connectivity index (χ0) is 13.7. The van der Waals surface area contributed by atoms with E-state index in [1.165, 1.54) is 0 Å². The number of ether oxygens (including phenoxy) is 1. The molecule has 0 saturated carbocycles. The Kier molecular flexibility index (Phi) is 5.63. The first-order valence-corrected chi connectivity index (χ1v) is 7.46. The Morgan fingerprint density at radius 1 is 1.42 bits per heavy atom. The molecule has 0 aromatic heterocycles. The zero-order valence-corrected chi connectivity index (χ0v) is 12.8. The summed E-state index contributed by atoms with van der Waals surface area (Å²) in [5, 5.41) is 13.4. The molecule has 1 atom stereocenters. The number of nitrogens with one attached hydrogen (secondary N) is 1. The predicted molar refractivity (Wildman–Crippen MR) is 79.4 cm³/mol. The van der Waals surface area contributed by atoms with Gasteiger partial charge in [0.2, 0.25) is 0 Å². The van der Waals surface area contributed by atoms with Crippen molar-refractivity contribution in [2.75, 3.05) is 32.8 Å². The van der Waals surface area contributed by atoms with Crippen LogP contribution in [0.4, 0.5) is 0 Å². The van der Waals surface area contributed by atoms with Crippen molar-refractivity contribution in [2.45, 2.75) is 19.5 Å². The summed E-state index contributed by atoms with van der Waals surface area (Å²) in [4.78, 5) is 2.40. The van der Waals surface area contributed by atoms with Crippen LogP contribution in [0.25, 0.3) is 0 Å². The normalized spacial score (nSPS) is 18.4. The summed E-state index contributed by atoms with van der Waals surface area (Å²) in [5.74, 6) is 0.327. The summed E-state index contributed by atoms with van der Waals surface area (Å²) in [7, 11) is 0. The third kappa shape index (κ3) is 4.45. The molecule has 2 N–H and O–H groups in total. The molecule has 2 rings (SSSR count). The molecule has 5 heteroatoms. The van der Waals surface area contributed by atoms with E-state index in [1.54, 1.807) is 0 Å². The summed E-state index contributed by atoms with van der Waals surface area (Å²) >= 11 is 3.33. The van der Waals surface area contributed by atoms with Crippen LogP contribution in [0, 0.1) is 0 Å². The van der Waals surface area contributed by atoms with Gasteiger partial charge in [-0.05, 0) is 28.9 Å². The highest BCUT2D eigenvalue weighted by Crippen LogP contribution is 2.27. The second-order valence-electron chi connectivity index (χ2n) is 4.94. The number of rotatable bonds is 5. The lowest BCUT2D eigenvalue weighted by Crippen LogP contribution is -2.44. The van der Waals surface area contributed by atoms with E-state index in [-0.39, 0.29) is 0 Å². The molecular weight excluding hydrogens is 308 g/mol. The molecule has 1 unspecified atom stereocenters. The monoisotopic (exact) mass is 328 g/mol. The van der Waals surface area contributed by atoms with Crippen LogP contribution in [0.3, 0.4) is 0 Å². The van der Waals surface area contributed by atoms with E-state index < -0.39 is 0 Å². The maximum Gasteiger partial charge on any atom is 0.134 e. The van der Waals surface area contributed by atoms with Crippen molar-refractivity contribution in [3.63, 3.8) is 0 Å². The summed E-state index contributed by atoms with van der Waals surface area (Å²) in [5.41, 5.74) is 0.920. The van der Waals surface area contributed by atoms with Gasteiger partial charge in [-0.2, -0.15) is 0 Å². The topological polar surface area (TPSA) is 44.7 Å². The molecule has 1 aromatic rings. The van der Waals surface area contributed by atoms with Crippen molar-refractivity contribution < 1.29 is 9.84 Å². The Hall–Kier alpha value is -0.620. The number of hydrogen-bond acceptors (Lipinski definition) is 4. The van der Waals surface area contributed by atoms with E-state index in [2.05, 4.69) is 33.1 Å². The van der Waals surface area contributed by atoms with Gasteiger partial charge >= 0.3 is 0 Å². The molecule has 1 aliphatic rings. The van der Waals surface area contributed by atoms with E-state index in [4.69, 9.17) is 4.74 Å². The molecule has 4 nitrogen and oxygen atoms in total. The molecule has 106 valence electrons. The quantitative estimate of drug-likeness (QED) is 0.867. The first-order valence-electron chi connectivity index (χ1n) is 6.66. The lowest BCUT2D eigenvalue weighted by Gasteiger charge is -2.29. The maximum atomic E-state index is 9.92. The molecule has 0 amide bonds. The van der Waals surface area contributed by atoms with Gasteiger partial charge in [0.15, 0.2) is 0 Å². The highest BCUT2D eigenvalue weighted by molar-refractivity contribution is 9.10. The molecular formula is C14H21BrN2O2. The van der Waals surface area contributed by atoms with Gasteiger partial charge in [-0.15, -0.1) is 0 Å². The van der Waals surface area contributed by atoms with Crippen LogP contribution in [0.2, 0.25) is 0 Å². The average Bonchev–Trinajstić information content (AvgIpc) is 2.42. The predicted octanol–water partition coefficient (Wildman–Crippen LogP) is 1.96. The molecule has 0 spiro atoms. The number of phenols is 1. The SMILES string of the molecule is CC(CN1CCOCC1)NCc1cccc(Br)c1O. The molecule has 0 aliphatic carbocycles. The second kappa shape index (κ2) is 7.24. The number of hydrogen-bond donors (Lipinski definition) is 2. The Balaban J connectivity index is 1.79. The standard InChI is InChI=1S/C14H21BrN2O2/c1-11(10-17-5-7-19-8-6-17)16-9-12-3-2-4-13(15)14(12)18/h2-4,11,16,18H,5-10H2,1H3. The van der Waals surface area contributed by atoms with Crippen molar-refractivity contribution in [1.82, 2.24) is 10.2 Å². The summed E-state index contributed by atoms with van der Waals surface area (Å²) in [6.07, 6.45) is 0. The number of aromatic hydroxyl groups is 1. The summed E-state index contributed by atoms with van der Waals surface area (Å²) < 4.78 is 6.08. The van der Waals surface area contributed by atoms with Crippen molar-refractivity contribution >= 4 is 15.9 Å². The summed E-state index contributed by atoms with van der Waals surface area (Å²) in [6.45, 7) is 7.54. The number of halogens is 1. The molecule has 0 bridgehead atoms. The Bertz CT molecular complexity index is 408. The molecule has 1 fully saturated rings. The van der Waals surface area contributed by atoms with Crippen LogP contribution >= 0.6 is 15.9 Å². The summed E-state index contributed by atoms with van der Waals surface area (Å²) in [6, 6.07) is 6.11. The van der Waals surface area contributed by atoms with Crippen molar-refractivity contribution in [3.8, 4) is 5.75 Å². The van der Waals surface area contributed by atoms with Crippen molar-refractivity contribution in [3.05, 3.63) is 28.2 Å². The fourth-order valence-corrected chi connectivity index (χ4v) is 2.63. The van der Waals surface area contributed by atoms with E-state index in [0.29, 0.717) is 18.3 Å². The van der Waals surface area contributed by atoms with Crippen LogP contribution in [0.1, 0.15) is 12.5 Å². The van der Waals surface area contributed by atoms with Gasteiger partial charge in [-0.3, -0.25) is 4.90 Å². The van der Waals surface area contributed by atoms with Gasteiger partial charge in [0.1, 0.15) is 5.75 Å². The number of benzene rings is 1. The molecule has 1 heterocycles. The third-order valence-corrected chi connectivity index (χ3v) is 3.99. The molecule has 1 aromatic carbocycles. The number of para-hydroxylation sites is 1. The Labute approximate surface area is 122 Å².